The summed E-state index contributed by atoms with van der Waals surface area (Å²) in [5.41, 5.74) is 2.29. The Bertz CT molecular complexity index is 695. The molecule has 1 amide bonds. The maximum atomic E-state index is 12.2. The lowest BCUT2D eigenvalue weighted by Gasteiger charge is -2.30. The summed E-state index contributed by atoms with van der Waals surface area (Å²) in [6.45, 7) is 7.40. The molecule has 0 radical (unpaired) electrons. The fraction of sp³-hybridized carbons (Fsp3) is 0.611. The second kappa shape index (κ2) is 8.67. The maximum absolute atomic E-state index is 12.2. The Kier molecular flexibility index (Phi) is 6.84. The predicted octanol–water partition coefficient (Wildman–Crippen LogP) is 1.86. The fourth-order valence-electron chi connectivity index (χ4n) is 2.94. The normalized spacial score (nSPS) is 16.6. The van der Waals surface area contributed by atoms with Crippen LogP contribution in [-0.4, -0.2) is 50.6 Å². The average Bonchev–Trinajstić information content (AvgIpc) is 2.62. The van der Waals surface area contributed by atoms with Crippen molar-refractivity contribution < 1.29 is 17.9 Å². The first kappa shape index (κ1) is 19.7. The Morgan fingerprint density at radius 2 is 1.96 bits per heavy atom. The van der Waals surface area contributed by atoms with E-state index in [1.807, 2.05) is 32.0 Å². The lowest BCUT2D eigenvalue weighted by Crippen LogP contribution is -2.44. The van der Waals surface area contributed by atoms with E-state index in [1.54, 1.807) is 6.92 Å². The average molecular weight is 368 g/mol. The number of sulfonamides is 1. The third-order valence-corrected chi connectivity index (χ3v) is 6.68. The molecule has 1 saturated heterocycles. The van der Waals surface area contributed by atoms with Gasteiger partial charge in [-0.2, -0.15) is 0 Å². The molecule has 0 aliphatic carbocycles. The monoisotopic (exact) mass is 368 g/mol. The van der Waals surface area contributed by atoms with E-state index in [2.05, 4.69) is 5.32 Å². The minimum atomic E-state index is -3.15. The van der Waals surface area contributed by atoms with Crippen LogP contribution in [0.5, 0.6) is 5.75 Å². The van der Waals surface area contributed by atoms with E-state index >= 15 is 0 Å². The summed E-state index contributed by atoms with van der Waals surface area (Å²) in [5.74, 6) is 0.814. The summed E-state index contributed by atoms with van der Waals surface area (Å²) < 4.78 is 30.9. The molecular formula is C18H28N2O4S. The van der Waals surface area contributed by atoms with E-state index in [-0.39, 0.29) is 17.6 Å². The van der Waals surface area contributed by atoms with Crippen LogP contribution >= 0.6 is 0 Å². The van der Waals surface area contributed by atoms with Crippen LogP contribution in [0.25, 0.3) is 0 Å². The van der Waals surface area contributed by atoms with E-state index < -0.39 is 10.0 Å². The maximum Gasteiger partial charge on any atom is 0.223 e. The van der Waals surface area contributed by atoms with Crippen LogP contribution in [0, 0.1) is 19.8 Å². The molecule has 1 aliphatic heterocycles. The molecule has 1 N–H and O–H groups in total. The van der Waals surface area contributed by atoms with Crippen molar-refractivity contribution in [1.29, 1.82) is 0 Å². The Hall–Kier alpha value is -1.60. The molecule has 0 aromatic heterocycles. The molecule has 1 fully saturated rings. The van der Waals surface area contributed by atoms with Crippen LogP contribution in [-0.2, 0) is 14.8 Å². The van der Waals surface area contributed by atoms with Gasteiger partial charge in [-0.1, -0.05) is 12.1 Å². The Morgan fingerprint density at radius 1 is 1.28 bits per heavy atom. The van der Waals surface area contributed by atoms with Gasteiger partial charge in [0.1, 0.15) is 12.4 Å². The number of rotatable bonds is 7. The zero-order valence-electron chi connectivity index (χ0n) is 15.2. The minimum absolute atomic E-state index is 0.0156. The van der Waals surface area contributed by atoms with Crippen molar-refractivity contribution in [2.24, 2.45) is 5.92 Å². The molecule has 0 spiro atoms. The fourth-order valence-corrected chi connectivity index (χ4v) is 4.07. The zero-order chi connectivity index (χ0) is 18.4. The third kappa shape index (κ3) is 5.19. The zero-order valence-corrected chi connectivity index (χ0v) is 16.1. The molecule has 1 heterocycles. The number of carbonyl (C=O) groups excluding carboxylic acids is 1. The first-order valence-electron chi connectivity index (χ1n) is 8.79. The van der Waals surface area contributed by atoms with Crippen molar-refractivity contribution in [2.45, 2.75) is 33.6 Å². The van der Waals surface area contributed by atoms with Crippen molar-refractivity contribution in [3.8, 4) is 5.75 Å². The van der Waals surface area contributed by atoms with Crippen LogP contribution in [0.1, 0.15) is 30.9 Å². The van der Waals surface area contributed by atoms with Crippen molar-refractivity contribution in [1.82, 2.24) is 9.62 Å². The highest BCUT2D eigenvalue weighted by Gasteiger charge is 2.29. The van der Waals surface area contributed by atoms with Gasteiger partial charge in [-0.15, -0.1) is 0 Å². The highest BCUT2D eigenvalue weighted by Crippen LogP contribution is 2.21. The van der Waals surface area contributed by atoms with Gasteiger partial charge >= 0.3 is 0 Å². The highest BCUT2D eigenvalue weighted by molar-refractivity contribution is 7.89. The molecule has 1 aromatic carbocycles. The number of hydrogen-bond acceptors (Lipinski definition) is 4. The molecule has 2 rings (SSSR count). The van der Waals surface area contributed by atoms with Gasteiger partial charge in [0.2, 0.25) is 15.9 Å². The molecule has 0 bridgehead atoms. The van der Waals surface area contributed by atoms with Crippen LogP contribution in [0.4, 0.5) is 0 Å². The van der Waals surface area contributed by atoms with E-state index in [0.29, 0.717) is 39.1 Å². The van der Waals surface area contributed by atoms with E-state index in [4.69, 9.17) is 4.74 Å². The van der Waals surface area contributed by atoms with E-state index in [9.17, 15) is 13.2 Å². The molecule has 6 nitrogen and oxygen atoms in total. The summed E-state index contributed by atoms with van der Waals surface area (Å²) in [4.78, 5) is 12.2. The van der Waals surface area contributed by atoms with Gasteiger partial charge in [0.05, 0.1) is 12.3 Å². The molecule has 0 unspecified atom stereocenters. The number of benzene rings is 1. The van der Waals surface area contributed by atoms with Crippen LogP contribution < -0.4 is 10.1 Å². The molecule has 1 aromatic rings. The smallest absolute Gasteiger partial charge is 0.223 e. The van der Waals surface area contributed by atoms with Gasteiger partial charge in [-0.25, -0.2) is 12.7 Å². The molecule has 0 saturated carbocycles. The SMILES string of the molecule is CCS(=O)(=O)N1CCC(C(=O)NCCOc2cccc(C)c2C)CC1. The molecule has 0 atom stereocenters. The van der Waals surface area contributed by atoms with Crippen molar-refractivity contribution in [3.05, 3.63) is 29.3 Å². The first-order chi connectivity index (χ1) is 11.8. The third-order valence-electron chi connectivity index (χ3n) is 4.80. The summed E-state index contributed by atoms with van der Waals surface area (Å²) >= 11 is 0. The Labute approximate surface area is 150 Å². The number of amides is 1. The quantitative estimate of drug-likeness (QED) is 0.746. The topological polar surface area (TPSA) is 75.7 Å². The second-order valence-electron chi connectivity index (χ2n) is 6.41. The summed E-state index contributed by atoms with van der Waals surface area (Å²) in [6, 6.07) is 5.91. The van der Waals surface area contributed by atoms with Gasteiger partial charge in [-0.05, 0) is 50.8 Å². The molecule has 140 valence electrons. The van der Waals surface area contributed by atoms with Crippen LogP contribution in [0.2, 0.25) is 0 Å². The lowest BCUT2D eigenvalue weighted by atomic mass is 9.97. The first-order valence-corrected chi connectivity index (χ1v) is 10.4. The molecule has 7 heteroatoms. The number of hydrogen-bond donors (Lipinski definition) is 1. The summed E-state index contributed by atoms with van der Waals surface area (Å²) in [7, 11) is -3.15. The number of carbonyl (C=O) groups is 1. The van der Waals surface area contributed by atoms with Gasteiger partial charge in [0, 0.05) is 19.0 Å². The second-order valence-corrected chi connectivity index (χ2v) is 8.67. The molecule has 25 heavy (non-hydrogen) atoms. The van der Waals surface area contributed by atoms with E-state index in [1.165, 1.54) is 9.87 Å². The lowest BCUT2D eigenvalue weighted by molar-refractivity contribution is -0.126. The Balaban J connectivity index is 1.72. The van der Waals surface area contributed by atoms with E-state index in [0.717, 1.165) is 11.3 Å². The van der Waals surface area contributed by atoms with Crippen molar-refractivity contribution in [2.75, 3.05) is 32.0 Å². The summed E-state index contributed by atoms with van der Waals surface area (Å²) in [5, 5.41) is 2.89. The van der Waals surface area contributed by atoms with Gasteiger partial charge in [-0.3, -0.25) is 4.79 Å². The number of ether oxygens (including phenoxy) is 1. The largest absolute Gasteiger partial charge is 0.491 e. The van der Waals surface area contributed by atoms with Gasteiger partial charge in [0.25, 0.3) is 0 Å². The minimum Gasteiger partial charge on any atom is -0.491 e. The van der Waals surface area contributed by atoms with Crippen LogP contribution in [0.15, 0.2) is 18.2 Å². The predicted molar refractivity (Wildman–Crippen MR) is 98.2 cm³/mol. The van der Waals surface area contributed by atoms with Crippen LogP contribution in [0.3, 0.4) is 0 Å². The number of aryl methyl sites for hydroxylation is 1. The standard InChI is InChI=1S/C18H28N2O4S/c1-4-25(22,23)20-11-8-16(9-12-20)18(21)19-10-13-24-17-7-5-6-14(2)15(17)3/h5-7,16H,4,8-13H2,1-3H3,(H,19,21). The van der Waals surface area contributed by atoms with Gasteiger partial charge < -0.3 is 10.1 Å². The molecular weight excluding hydrogens is 340 g/mol. The Morgan fingerprint density at radius 3 is 2.60 bits per heavy atom. The number of nitrogens with one attached hydrogen (secondary N) is 1. The number of piperidine rings is 1. The van der Waals surface area contributed by atoms with Crippen molar-refractivity contribution >= 4 is 15.9 Å². The molecule has 1 aliphatic rings. The highest BCUT2D eigenvalue weighted by atomic mass is 32.2. The van der Waals surface area contributed by atoms with Crippen molar-refractivity contribution in [3.63, 3.8) is 0 Å². The summed E-state index contributed by atoms with van der Waals surface area (Å²) in [6.07, 6.45) is 1.14. The number of nitrogens with zero attached hydrogens (tertiary/aromatic N) is 1. The van der Waals surface area contributed by atoms with Gasteiger partial charge in [0.15, 0.2) is 0 Å².